The normalized spacial score (nSPS) is 12.8. The molecule has 31 heavy (non-hydrogen) atoms. The van der Waals surface area contributed by atoms with Crippen LogP contribution in [0.4, 0.5) is 0 Å². The van der Waals surface area contributed by atoms with Gasteiger partial charge in [-0.3, -0.25) is 5.32 Å². The summed E-state index contributed by atoms with van der Waals surface area (Å²) in [5.74, 6) is -0.539. The summed E-state index contributed by atoms with van der Waals surface area (Å²) in [6, 6.07) is 9.20. The first kappa shape index (κ1) is 30.5. The van der Waals surface area contributed by atoms with Crippen LogP contribution in [0.1, 0.15) is 97.6 Å². The van der Waals surface area contributed by atoms with Gasteiger partial charge in [0.2, 0.25) is 0 Å². The molecular weight excluding hydrogens is 425 g/mol. The van der Waals surface area contributed by atoms with Gasteiger partial charge in [0, 0.05) is 13.3 Å². The maximum absolute atomic E-state index is 10.3. The minimum Gasteiger partial charge on any atom is -0.747 e. The first-order valence-corrected chi connectivity index (χ1v) is 16.4. The fraction of sp³-hybridized carbons (Fsp3) is 0.760. The van der Waals surface area contributed by atoms with Gasteiger partial charge in [0.25, 0.3) is 0 Å². The summed E-state index contributed by atoms with van der Waals surface area (Å²) in [5.41, 5.74) is 0.955. The van der Waals surface area contributed by atoms with Gasteiger partial charge in [0.1, 0.15) is 10.1 Å². The molecule has 0 heterocycles. The number of unbranched alkanes of at least 4 members (excludes halogenated alkanes) is 4. The van der Waals surface area contributed by atoms with Gasteiger partial charge >= 0.3 is 0 Å². The highest BCUT2D eigenvalue weighted by atomic mass is 32.2. The van der Waals surface area contributed by atoms with Crippen LogP contribution in [0, 0.1) is 0 Å². The van der Waals surface area contributed by atoms with E-state index < -0.39 is 23.3 Å². The molecule has 6 heteroatoms. The minimum atomic E-state index is -4.19. The number of rotatable bonds is 16. The van der Waals surface area contributed by atoms with E-state index in [-0.39, 0.29) is 6.04 Å². The molecule has 0 radical (unpaired) electrons. The summed E-state index contributed by atoms with van der Waals surface area (Å²) in [7, 11) is -4.75. The Kier molecular flexibility index (Phi) is 17.7. The van der Waals surface area contributed by atoms with Crippen LogP contribution in [-0.2, 0) is 10.1 Å². The molecule has 1 rings (SSSR count). The number of hydrogen-bond acceptors (Lipinski definition) is 4. The maximum Gasteiger partial charge on any atom is 0.108 e. The number of nitrogens with one attached hydrogen (secondary N) is 1. The molecule has 1 N–H and O–H groups in total. The first-order chi connectivity index (χ1) is 14.7. The average Bonchev–Trinajstić information content (AvgIpc) is 2.77. The molecule has 0 aliphatic heterocycles. The van der Waals surface area contributed by atoms with Gasteiger partial charge < -0.3 is 4.55 Å². The summed E-state index contributed by atoms with van der Waals surface area (Å²) >= 11 is 0. The molecule has 0 saturated heterocycles. The molecule has 0 aromatic heterocycles. The summed E-state index contributed by atoms with van der Waals surface area (Å²) in [5, 5.41) is 2.64. The molecule has 0 amide bonds. The SMILES string of the molecule is CCCC[P+](CCCC)(CCCC)CCCC.C[C@@H](NCS(=O)(=O)[O-])c1ccccc1. The molecule has 0 bridgehead atoms. The Morgan fingerprint density at radius 2 is 1.19 bits per heavy atom. The monoisotopic (exact) mass is 473 g/mol. The molecule has 0 aliphatic carbocycles. The van der Waals surface area contributed by atoms with Gasteiger partial charge in [0.15, 0.2) is 0 Å². The standard InChI is InChI=1S/C16H36P.C9H13NO3S/c1-5-9-13-17(14-10-6-2,15-11-7-3)16-12-8-4;1-8(10-7-14(11,12)13)9-5-3-2-4-6-9/h5-16H2,1-4H3;2-6,8,10H,7H2,1H3,(H,11,12,13)/q+1;/p-1/t;8-/m.1/s1. The second kappa shape index (κ2) is 18.0. The van der Waals surface area contributed by atoms with Gasteiger partial charge in [0.05, 0.1) is 30.5 Å². The Morgan fingerprint density at radius 3 is 1.52 bits per heavy atom. The van der Waals surface area contributed by atoms with Crippen molar-refractivity contribution in [2.45, 2.75) is 92.0 Å². The summed E-state index contributed by atoms with van der Waals surface area (Å²) in [4.78, 5) is 0. The van der Waals surface area contributed by atoms with Crippen molar-refractivity contribution in [2.75, 3.05) is 30.5 Å². The number of benzene rings is 1. The molecule has 4 nitrogen and oxygen atoms in total. The van der Waals surface area contributed by atoms with E-state index in [0.29, 0.717) is 0 Å². The highest BCUT2D eigenvalue weighted by molar-refractivity contribution is 7.85. The summed E-state index contributed by atoms with van der Waals surface area (Å²) < 4.78 is 31.0. The van der Waals surface area contributed by atoms with Crippen molar-refractivity contribution >= 4 is 17.4 Å². The Morgan fingerprint density at radius 1 is 0.806 bits per heavy atom. The van der Waals surface area contributed by atoms with Crippen molar-refractivity contribution in [2.24, 2.45) is 0 Å². The van der Waals surface area contributed by atoms with Crippen LogP contribution in [0.3, 0.4) is 0 Å². The fourth-order valence-electron chi connectivity index (χ4n) is 3.73. The quantitative estimate of drug-likeness (QED) is 0.206. The largest absolute Gasteiger partial charge is 0.747 e. The van der Waals surface area contributed by atoms with Crippen molar-refractivity contribution in [3.8, 4) is 0 Å². The van der Waals surface area contributed by atoms with E-state index in [2.05, 4.69) is 33.0 Å². The molecule has 0 fully saturated rings. The summed E-state index contributed by atoms with van der Waals surface area (Å²) in [6.45, 7) is 11.2. The predicted octanol–water partition coefficient (Wildman–Crippen LogP) is 7.04. The Bertz CT molecular complexity index is 600. The van der Waals surface area contributed by atoms with E-state index in [9.17, 15) is 13.0 Å². The maximum atomic E-state index is 10.3. The smallest absolute Gasteiger partial charge is 0.108 e. The lowest BCUT2D eigenvalue weighted by Gasteiger charge is -2.28. The van der Waals surface area contributed by atoms with Gasteiger partial charge in [-0.1, -0.05) is 83.7 Å². The third-order valence-corrected chi connectivity index (χ3v) is 11.4. The second-order valence-electron chi connectivity index (χ2n) is 8.69. The lowest BCUT2D eigenvalue weighted by molar-refractivity contribution is 0.451. The lowest BCUT2D eigenvalue weighted by Crippen LogP contribution is -2.25. The van der Waals surface area contributed by atoms with Crippen LogP contribution in [-0.4, -0.2) is 43.5 Å². The first-order valence-electron chi connectivity index (χ1n) is 12.3. The zero-order valence-electron chi connectivity index (χ0n) is 20.7. The van der Waals surface area contributed by atoms with E-state index in [1.165, 1.54) is 51.4 Å². The van der Waals surface area contributed by atoms with Crippen LogP contribution in [0.15, 0.2) is 30.3 Å². The molecule has 0 unspecified atom stereocenters. The number of hydrogen-bond donors (Lipinski definition) is 1. The Balaban J connectivity index is 0.000000590. The van der Waals surface area contributed by atoms with Crippen LogP contribution in [0.25, 0.3) is 0 Å². The van der Waals surface area contributed by atoms with Gasteiger partial charge in [-0.25, -0.2) is 8.42 Å². The van der Waals surface area contributed by atoms with Crippen molar-refractivity contribution in [3.63, 3.8) is 0 Å². The van der Waals surface area contributed by atoms with E-state index in [1.54, 1.807) is 31.6 Å². The van der Waals surface area contributed by atoms with Crippen LogP contribution < -0.4 is 5.32 Å². The van der Waals surface area contributed by atoms with Gasteiger partial charge in [-0.2, -0.15) is 0 Å². The molecule has 0 aliphatic rings. The third-order valence-electron chi connectivity index (χ3n) is 5.81. The summed E-state index contributed by atoms with van der Waals surface area (Å²) in [6.07, 6.45) is 17.9. The molecule has 1 atom stereocenters. The highest BCUT2D eigenvalue weighted by Gasteiger charge is 2.34. The molecule has 1 aromatic carbocycles. The fourth-order valence-corrected chi connectivity index (χ4v) is 9.48. The molecule has 182 valence electrons. The van der Waals surface area contributed by atoms with E-state index in [4.69, 9.17) is 0 Å². The molecule has 0 saturated carbocycles. The van der Waals surface area contributed by atoms with Crippen molar-refractivity contribution < 1.29 is 13.0 Å². The Hall–Kier alpha value is -0.480. The highest BCUT2D eigenvalue weighted by Crippen LogP contribution is 2.61. The molecule has 1 aromatic rings. The van der Waals surface area contributed by atoms with Crippen molar-refractivity contribution in [1.82, 2.24) is 5.32 Å². The minimum absolute atomic E-state index is 0.139. The molecule has 0 spiro atoms. The average molecular weight is 474 g/mol. The lowest BCUT2D eigenvalue weighted by atomic mass is 10.1. The van der Waals surface area contributed by atoms with Crippen molar-refractivity contribution in [3.05, 3.63) is 35.9 Å². The zero-order valence-corrected chi connectivity index (χ0v) is 22.4. The van der Waals surface area contributed by atoms with E-state index >= 15 is 0 Å². The van der Waals surface area contributed by atoms with Crippen LogP contribution in [0.5, 0.6) is 0 Å². The van der Waals surface area contributed by atoms with Gasteiger partial charge in [-0.15, -0.1) is 0 Å². The predicted molar refractivity (Wildman–Crippen MR) is 139 cm³/mol. The zero-order chi connectivity index (χ0) is 23.6. The topological polar surface area (TPSA) is 69.2 Å². The van der Waals surface area contributed by atoms with Gasteiger partial charge in [-0.05, 0) is 38.2 Å². The van der Waals surface area contributed by atoms with E-state index in [1.807, 2.05) is 30.3 Å². The molecular formula is C25H48NO3PS. The van der Waals surface area contributed by atoms with Crippen LogP contribution >= 0.6 is 7.26 Å². The van der Waals surface area contributed by atoms with Crippen molar-refractivity contribution in [1.29, 1.82) is 0 Å². The van der Waals surface area contributed by atoms with Crippen LogP contribution in [0.2, 0.25) is 0 Å². The Labute approximate surface area is 194 Å². The van der Waals surface area contributed by atoms with E-state index in [0.717, 1.165) is 5.56 Å². The third kappa shape index (κ3) is 15.9. The second-order valence-corrected chi connectivity index (χ2v) is 14.6.